The molecule has 0 amide bonds. The second-order valence-corrected chi connectivity index (χ2v) is 6.27. The highest BCUT2D eigenvalue weighted by atomic mass is 32.2. The van der Waals surface area contributed by atoms with Crippen molar-refractivity contribution < 1.29 is 22.7 Å². The van der Waals surface area contributed by atoms with Gasteiger partial charge in [0.25, 0.3) is 0 Å². The van der Waals surface area contributed by atoms with E-state index in [4.69, 9.17) is 4.74 Å². The Labute approximate surface area is 125 Å². The van der Waals surface area contributed by atoms with Crippen molar-refractivity contribution in [1.82, 2.24) is 4.31 Å². The number of esters is 1. The van der Waals surface area contributed by atoms with Crippen molar-refractivity contribution in [2.75, 3.05) is 26.8 Å². The van der Waals surface area contributed by atoms with E-state index in [0.29, 0.717) is 12.4 Å². The summed E-state index contributed by atoms with van der Waals surface area (Å²) in [7, 11) is -2.49. The van der Waals surface area contributed by atoms with Gasteiger partial charge < -0.3 is 9.47 Å². The minimum Gasteiger partial charge on any atom is -0.494 e. The molecule has 0 aliphatic heterocycles. The zero-order chi connectivity index (χ0) is 15.9. The molecule has 0 radical (unpaired) electrons. The van der Waals surface area contributed by atoms with Crippen molar-refractivity contribution in [3.8, 4) is 5.75 Å². The lowest BCUT2D eigenvalue weighted by atomic mass is 10.3. The SMILES string of the molecule is CCCOc1ccc(S(=O)(=O)N(CC)CC(=O)OC)cc1. The molecule has 1 rings (SSSR count). The van der Waals surface area contributed by atoms with Crippen LogP contribution in [0.3, 0.4) is 0 Å². The number of sulfonamides is 1. The van der Waals surface area contributed by atoms with E-state index < -0.39 is 16.0 Å². The Kier molecular flexibility index (Phi) is 6.64. The van der Waals surface area contributed by atoms with Crippen molar-refractivity contribution in [3.63, 3.8) is 0 Å². The molecule has 0 unspecified atom stereocenters. The normalized spacial score (nSPS) is 11.4. The molecule has 0 fully saturated rings. The summed E-state index contributed by atoms with van der Waals surface area (Å²) in [4.78, 5) is 11.4. The first-order valence-electron chi connectivity index (χ1n) is 6.75. The molecule has 0 aromatic heterocycles. The molecule has 0 atom stereocenters. The van der Waals surface area contributed by atoms with E-state index in [-0.39, 0.29) is 18.0 Å². The molecule has 0 heterocycles. The van der Waals surface area contributed by atoms with E-state index in [1.165, 1.54) is 19.2 Å². The Morgan fingerprint density at radius 3 is 2.29 bits per heavy atom. The number of carbonyl (C=O) groups excluding carboxylic acids is 1. The van der Waals surface area contributed by atoms with Crippen LogP contribution in [0.15, 0.2) is 29.2 Å². The van der Waals surface area contributed by atoms with Crippen LogP contribution in [0.4, 0.5) is 0 Å². The van der Waals surface area contributed by atoms with Crippen LogP contribution in [0.1, 0.15) is 20.3 Å². The molecule has 7 heteroatoms. The van der Waals surface area contributed by atoms with Gasteiger partial charge in [0, 0.05) is 6.54 Å². The first kappa shape index (κ1) is 17.5. The second-order valence-electron chi connectivity index (χ2n) is 4.33. The number of nitrogens with zero attached hydrogens (tertiary/aromatic N) is 1. The topological polar surface area (TPSA) is 72.9 Å². The maximum atomic E-state index is 12.4. The van der Waals surface area contributed by atoms with Crippen LogP contribution in [0.2, 0.25) is 0 Å². The van der Waals surface area contributed by atoms with E-state index in [1.807, 2.05) is 6.92 Å². The van der Waals surface area contributed by atoms with Crippen LogP contribution in [0.25, 0.3) is 0 Å². The van der Waals surface area contributed by atoms with Crippen LogP contribution >= 0.6 is 0 Å². The summed E-state index contributed by atoms with van der Waals surface area (Å²) in [5.74, 6) is 0.0233. The lowest BCUT2D eigenvalue weighted by Gasteiger charge is -2.19. The third-order valence-corrected chi connectivity index (χ3v) is 4.76. The summed E-state index contributed by atoms with van der Waals surface area (Å²) in [6, 6.07) is 6.16. The standard InChI is InChI=1S/C14H21NO5S/c1-4-10-20-12-6-8-13(9-7-12)21(17,18)15(5-2)11-14(16)19-3/h6-9H,4-5,10-11H2,1-3H3. The van der Waals surface area contributed by atoms with Crippen LogP contribution < -0.4 is 4.74 Å². The number of hydrogen-bond donors (Lipinski definition) is 0. The first-order valence-corrected chi connectivity index (χ1v) is 8.19. The fourth-order valence-corrected chi connectivity index (χ4v) is 3.05. The van der Waals surface area contributed by atoms with Crippen molar-refractivity contribution in [3.05, 3.63) is 24.3 Å². The third kappa shape index (κ3) is 4.71. The highest BCUT2D eigenvalue weighted by Gasteiger charge is 2.25. The Morgan fingerprint density at radius 2 is 1.81 bits per heavy atom. The number of benzene rings is 1. The summed E-state index contributed by atoms with van der Waals surface area (Å²) < 4.78 is 35.8. The van der Waals surface area contributed by atoms with Gasteiger partial charge in [0.1, 0.15) is 12.3 Å². The summed E-state index contributed by atoms with van der Waals surface area (Å²) in [5.41, 5.74) is 0. The second kappa shape index (κ2) is 7.99. The Balaban J connectivity index is 2.92. The zero-order valence-electron chi connectivity index (χ0n) is 12.5. The molecule has 0 spiro atoms. The smallest absolute Gasteiger partial charge is 0.321 e. The van der Waals surface area contributed by atoms with Gasteiger partial charge in [-0.1, -0.05) is 13.8 Å². The molecule has 6 nitrogen and oxygen atoms in total. The Bertz CT molecular complexity index is 553. The Morgan fingerprint density at radius 1 is 1.19 bits per heavy atom. The molecule has 0 saturated heterocycles. The van der Waals surface area contributed by atoms with Crippen molar-refractivity contribution >= 4 is 16.0 Å². The first-order chi connectivity index (χ1) is 9.95. The van der Waals surface area contributed by atoms with E-state index in [9.17, 15) is 13.2 Å². The highest BCUT2D eigenvalue weighted by Crippen LogP contribution is 2.19. The minimum atomic E-state index is -3.72. The molecule has 1 aromatic rings. The van der Waals surface area contributed by atoms with Gasteiger partial charge in [-0.2, -0.15) is 4.31 Å². The van der Waals surface area contributed by atoms with E-state index in [0.717, 1.165) is 10.7 Å². The summed E-state index contributed by atoms with van der Waals surface area (Å²) in [5, 5.41) is 0. The predicted octanol–water partition coefficient (Wildman–Crippen LogP) is 1.66. The van der Waals surface area contributed by atoms with E-state index >= 15 is 0 Å². The monoisotopic (exact) mass is 315 g/mol. The van der Waals surface area contributed by atoms with Crippen LogP contribution in [-0.4, -0.2) is 45.5 Å². The van der Waals surface area contributed by atoms with Gasteiger partial charge in [-0.05, 0) is 30.7 Å². The van der Waals surface area contributed by atoms with Gasteiger partial charge in [-0.15, -0.1) is 0 Å². The van der Waals surface area contributed by atoms with Gasteiger partial charge in [0.15, 0.2) is 0 Å². The molecule has 21 heavy (non-hydrogen) atoms. The van der Waals surface area contributed by atoms with Gasteiger partial charge >= 0.3 is 5.97 Å². The van der Waals surface area contributed by atoms with Crippen LogP contribution in [-0.2, 0) is 19.6 Å². The average molecular weight is 315 g/mol. The van der Waals surface area contributed by atoms with Crippen LogP contribution in [0, 0.1) is 0 Å². The number of likely N-dealkylation sites (N-methyl/N-ethyl adjacent to an activating group) is 1. The Hall–Kier alpha value is -1.60. The van der Waals surface area contributed by atoms with Gasteiger partial charge in [0.2, 0.25) is 10.0 Å². The molecular formula is C14H21NO5S. The van der Waals surface area contributed by atoms with E-state index in [2.05, 4.69) is 4.74 Å². The van der Waals surface area contributed by atoms with Crippen molar-refractivity contribution in [1.29, 1.82) is 0 Å². The molecule has 0 saturated carbocycles. The fraction of sp³-hybridized carbons (Fsp3) is 0.500. The lowest BCUT2D eigenvalue weighted by Crippen LogP contribution is -2.36. The molecule has 0 aliphatic rings. The average Bonchev–Trinajstić information content (AvgIpc) is 2.50. The summed E-state index contributed by atoms with van der Waals surface area (Å²) >= 11 is 0. The molecule has 0 N–H and O–H groups in total. The molecule has 118 valence electrons. The zero-order valence-corrected chi connectivity index (χ0v) is 13.4. The largest absolute Gasteiger partial charge is 0.494 e. The van der Waals surface area contributed by atoms with Crippen molar-refractivity contribution in [2.45, 2.75) is 25.2 Å². The molecular weight excluding hydrogens is 294 g/mol. The van der Waals surface area contributed by atoms with Gasteiger partial charge in [-0.3, -0.25) is 4.79 Å². The quantitative estimate of drug-likeness (QED) is 0.682. The predicted molar refractivity (Wildman–Crippen MR) is 78.7 cm³/mol. The summed E-state index contributed by atoms with van der Waals surface area (Å²) in [6.45, 7) is 4.12. The maximum Gasteiger partial charge on any atom is 0.321 e. The number of rotatable bonds is 8. The highest BCUT2D eigenvalue weighted by molar-refractivity contribution is 7.89. The fourth-order valence-electron chi connectivity index (χ4n) is 1.65. The minimum absolute atomic E-state index is 0.122. The van der Waals surface area contributed by atoms with E-state index in [1.54, 1.807) is 19.1 Å². The van der Waals surface area contributed by atoms with Crippen LogP contribution in [0.5, 0.6) is 5.75 Å². The molecule has 1 aromatic carbocycles. The number of methoxy groups -OCH3 is 1. The number of ether oxygens (including phenoxy) is 2. The lowest BCUT2D eigenvalue weighted by molar-refractivity contribution is -0.140. The van der Waals surface area contributed by atoms with Crippen molar-refractivity contribution in [2.24, 2.45) is 0 Å². The maximum absolute atomic E-state index is 12.4. The molecule has 0 aliphatic carbocycles. The number of carbonyl (C=O) groups is 1. The van der Waals surface area contributed by atoms with Gasteiger partial charge in [-0.25, -0.2) is 8.42 Å². The third-order valence-electron chi connectivity index (χ3n) is 2.82. The molecule has 0 bridgehead atoms. The van der Waals surface area contributed by atoms with Gasteiger partial charge in [0.05, 0.1) is 18.6 Å². The summed E-state index contributed by atoms with van der Waals surface area (Å²) in [6.07, 6.45) is 0.878. The number of hydrogen-bond acceptors (Lipinski definition) is 5.